The van der Waals surface area contributed by atoms with E-state index in [2.05, 4.69) is 43.0 Å². The van der Waals surface area contributed by atoms with Gasteiger partial charge < -0.3 is 9.67 Å². The van der Waals surface area contributed by atoms with Gasteiger partial charge in [-0.05, 0) is 30.9 Å². The zero-order valence-corrected chi connectivity index (χ0v) is 13.8. The number of aromatic nitrogens is 1. The number of benzene rings is 1. The molecule has 0 amide bonds. The van der Waals surface area contributed by atoms with Crippen LogP contribution in [0.25, 0.3) is 0 Å². The molecule has 0 bridgehead atoms. The van der Waals surface area contributed by atoms with Crippen LogP contribution in [-0.4, -0.2) is 21.1 Å². The predicted octanol–water partition coefficient (Wildman–Crippen LogP) is 3.08. The van der Waals surface area contributed by atoms with Crippen LogP contribution in [0.1, 0.15) is 43.1 Å². The summed E-state index contributed by atoms with van der Waals surface area (Å²) >= 11 is 0. The highest BCUT2D eigenvalue weighted by Gasteiger charge is 2.18. The van der Waals surface area contributed by atoms with E-state index in [0.29, 0.717) is 0 Å². The number of fused-ring (bicyclic) bond motifs is 1. The van der Waals surface area contributed by atoms with Crippen molar-refractivity contribution in [2.24, 2.45) is 0 Å². The van der Waals surface area contributed by atoms with Crippen molar-refractivity contribution in [3.8, 4) is 5.75 Å². The third-order valence-corrected chi connectivity index (χ3v) is 4.80. The van der Waals surface area contributed by atoms with E-state index >= 15 is 0 Å². The van der Waals surface area contributed by atoms with E-state index in [1.54, 1.807) is 12.3 Å². The molecule has 122 valence electrons. The molecule has 1 aliphatic rings. The lowest BCUT2D eigenvalue weighted by molar-refractivity contribution is 0.236. The highest BCUT2D eigenvalue weighted by molar-refractivity contribution is 5.29. The minimum absolute atomic E-state index is 0.168. The third kappa shape index (κ3) is 3.32. The Balaban J connectivity index is 1.86. The quantitative estimate of drug-likeness (QED) is 0.943. The van der Waals surface area contributed by atoms with Gasteiger partial charge in [-0.15, -0.1) is 0 Å². The van der Waals surface area contributed by atoms with Gasteiger partial charge >= 0.3 is 0 Å². The second kappa shape index (κ2) is 6.59. The van der Waals surface area contributed by atoms with Crippen LogP contribution in [0.3, 0.4) is 0 Å². The van der Waals surface area contributed by atoms with Crippen LogP contribution in [-0.2, 0) is 19.5 Å². The minimum atomic E-state index is -0.294. The summed E-state index contributed by atoms with van der Waals surface area (Å²) in [6.45, 7) is 6.85. The van der Waals surface area contributed by atoms with Crippen molar-refractivity contribution >= 4 is 0 Å². The summed E-state index contributed by atoms with van der Waals surface area (Å²) in [4.78, 5) is 14.2. The first-order chi connectivity index (χ1) is 11.1. The summed E-state index contributed by atoms with van der Waals surface area (Å²) in [5, 5.41) is 9.76. The molecular formula is C19H24N2O2. The molecule has 1 atom stereocenters. The van der Waals surface area contributed by atoms with Gasteiger partial charge in [0.1, 0.15) is 0 Å². The van der Waals surface area contributed by atoms with E-state index in [0.717, 1.165) is 38.2 Å². The van der Waals surface area contributed by atoms with Crippen LogP contribution >= 0.6 is 0 Å². The molecule has 0 saturated carbocycles. The van der Waals surface area contributed by atoms with Crippen molar-refractivity contribution in [1.82, 2.24) is 9.47 Å². The molecule has 0 radical (unpaired) electrons. The highest BCUT2D eigenvalue weighted by Crippen LogP contribution is 2.22. The highest BCUT2D eigenvalue weighted by atomic mass is 16.3. The lowest BCUT2D eigenvalue weighted by Crippen LogP contribution is -2.32. The van der Waals surface area contributed by atoms with Gasteiger partial charge in [0.15, 0.2) is 5.75 Å². The lowest BCUT2D eigenvalue weighted by atomic mass is 10.00. The maximum Gasteiger partial charge on any atom is 0.223 e. The van der Waals surface area contributed by atoms with Crippen molar-refractivity contribution in [2.75, 3.05) is 6.54 Å². The molecule has 4 nitrogen and oxygen atoms in total. The molecule has 1 aromatic heterocycles. The molecule has 0 fully saturated rings. The van der Waals surface area contributed by atoms with Crippen LogP contribution in [0.2, 0.25) is 0 Å². The maximum absolute atomic E-state index is 11.9. The molecular weight excluding hydrogens is 288 g/mol. The smallest absolute Gasteiger partial charge is 0.223 e. The van der Waals surface area contributed by atoms with Gasteiger partial charge in [0.05, 0.1) is 6.20 Å². The van der Waals surface area contributed by atoms with Crippen molar-refractivity contribution in [3.05, 3.63) is 63.6 Å². The summed E-state index contributed by atoms with van der Waals surface area (Å²) in [7, 11) is 0. The average Bonchev–Trinajstić information content (AvgIpc) is 2.57. The zero-order valence-electron chi connectivity index (χ0n) is 13.8. The molecule has 2 heterocycles. The lowest BCUT2D eigenvalue weighted by Gasteiger charge is -2.30. The topological polar surface area (TPSA) is 45.5 Å². The summed E-state index contributed by atoms with van der Waals surface area (Å²) in [6, 6.07) is 10.4. The SMILES string of the molecule is CCC(C)n1cc(O)c(=O)cc1CN1CCc2ccccc2C1. The van der Waals surface area contributed by atoms with Crippen LogP contribution in [0.15, 0.2) is 41.3 Å². The van der Waals surface area contributed by atoms with E-state index in [1.165, 1.54) is 11.1 Å². The largest absolute Gasteiger partial charge is 0.503 e. The second-order valence-corrected chi connectivity index (χ2v) is 6.41. The Morgan fingerprint density at radius 1 is 1.26 bits per heavy atom. The number of rotatable bonds is 4. The summed E-state index contributed by atoms with van der Waals surface area (Å²) in [6.07, 6.45) is 3.59. The summed E-state index contributed by atoms with van der Waals surface area (Å²) in [5.41, 5.74) is 3.47. The van der Waals surface area contributed by atoms with E-state index in [4.69, 9.17) is 0 Å². The van der Waals surface area contributed by atoms with Gasteiger partial charge in [0, 0.05) is 37.4 Å². The van der Waals surface area contributed by atoms with E-state index in [1.807, 2.05) is 4.57 Å². The second-order valence-electron chi connectivity index (χ2n) is 6.41. The molecule has 1 aromatic carbocycles. The van der Waals surface area contributed by atoms with Crippen LogP contribution < -0.4 is 5.43 Å². The Hall–Kier alpha value is -2.07. The Bertz CT molecular complexity index is 751. The van der Waals surface area contributed by atoms with E-state index in [-0.39, 0.29) is 17.2 Å². The first-order valence-electron chi connectivity index (χ1n) is 8.31. The predicted molar refractivity (Wildman–Crippen MR) is 91.6 cm³/mol. The monoisotopic (exact) mass is 312 g/mol. The molecule has 4 heteroatoms. The first-order valence-corrected chi connectivity index (χ1v) is 8.31. The Labute approximate surface area is 137 Å². The fourth-order valence-corrected chi connectivity index (χ4v) is 3.23. The number of nitrogens with zero attached hydrogens (tertiary/aromatic N) is 2. The van der Waals surface area contributed by atoms with Gasteiger partial charge in [-0.1, -0.05) is 31.2 Å². The molecule has 1 unspecified atom stereocenters. The molecule has 1 N–H and O–H groups in total. The van der Waals surface area contributed by atoms with Crippen molar-refractivity contribution in [2.45, 2.75) is 45.8 Å². The molecule has 3 rings (SSSR count). The molecule has 0 saturated heterocycles. The number of hydrogen-bond donors (Lipinski definition) is 1. The van der Waals surface area contributed by atoms with Gasteiger partial charge in [-0.2, -0.15) is 0 Å². The Morgan fingerprint density at radius 3 is 2.74 bits per heavy atom. The average molecular weight is 312 g/mol. The third-order valence-electron chi connectivity index (χ3n) is 4.80. The number of pyridine rings is 1. The Morgan fingerprint density at radius 2 is 2.00 bits per heavy atom. The fourth-order valence-electron chi connectivity index (χ4n) is 3.23. The van der Waals surface area contributed by atoms with Gasteiger partial charge in [0.25, 0.3) is 0 Å². The Kier molecular flexibility index (Phi) is 4.53. The van der Waals surface area contributed by atoms with Crippen LogP contribution in [0.4, 0.5) is 0 Å². The van der Waals surface area contributed by atoms with E-state index in [9.17, 15) is 9.90 Å². The van der Waals surface area contributed by atoms with Crippen molar-refractivity contribution < 1.29 is 5.11 Å². The van der Waals surface area contributed by atoms with Crippen LogP contribution in [0.5, 0.6) is 5.75 Å². The van der Waals surface area contributed by atoms with Gasteiger partial charge in [0.2, 0.25) is 5.43 Å². The summed E-state index contributed by atoms with van der Waals surface area (Å²) < 4.78 is 2.04. The van der Waals surface area contributed by atoms with Gasteiger partial charge in [-0.3, -0.25) is 9.69 Å². The fraction of sp³-hybridized carbons (Fsp3) is 0.421. The summed E-state index contributed by atoms with van der Waals surface area (Å²) in [5.74, 6) is -0.168. The maximum atomic E-state index is 11.9. The van der Waals surface area contributed by atoms with Crippen molar-refractivity contribution in [1.29, 1.82) is 0 Å². The normalized spacial score (nSPS) is 16.1. The van der Waals surface area contributed by atoms with Crippen molar-refractivity contribution in [3.63, 3.8) is 0 Å². The number of hydrogen-bond acceptors (Lipinski definition) is 3. The zero-order chi connectivity index (χ0) is 16.4. The number of aromatic hydroxyl groups is 1. The first kappa shape index (κ1) is 15.8. The molecule has 2 aromatic rings. The molecule has 23 heavy (non-hydrogen) atoms. The van der Waals surface area contributed by atoms with Crippen LogP contribution in [0, 0.1) is 0 Å². The molecule has 0 aliphatic carbocycles. The van der Waals surface area contributed by atoms with E-state index < -0.39 is 0 Å². The minimum Gasteiger partial charge on any atom is -0.503 e. The molecule has 1 aliphatic heterocycles. The molecule has 0 spiro atoms. The van der Waals surface area contributed by atoms with Gasteiger partial charge in [-0.25, -0.2) is 0 Å². The standard InChI is InChI=1S/C19H24N2O2/c1-3-14(2)21-13-19(23)18(22)10-17(21)12-20-9-8-15-6-4-5-7-16(15)11-20/h4-7,10,13-14,23H,3,8-9,11-12H2,1-2H3.